The molecular formula is C16H38O2S2Si2. The second kappa shape index (κ2) is 15.6. The number of hydrogen-bond donors (Lipinski definition) is 0. The van der Waals surface area contributed by atoms with E-state index >= 15 is 0 Å². The van der Waals surface area contributed by atoms with Gasteiger partial charge in [0, 0.05) is 14.2 Å². The lowest BCUT2D eigenvalue weighted by Gasteiger charge is -2.27. The molecule has 0 saturated heterocycles. The predicted octanol–water partition coefficient (Wildman–Crippen LogP) is 5.49. The Labute approximate surface area is 150 Å². The molecule has 2 nitrogen and oxygen atoms in total. The molecule has 0 aromatic carbocycles. The average molecular weight is 383 g/mol. The first kappa shape index (κ1) is 23.1. The number of rotatable bonds is 15. The van der Waals surface area contributed by atoms with Crippen LogP contribution in [0.15, 0.2) is 0 Å². The minimum absolute atomic E-state index is 0.445. The van der Waals surface area contributed by atoms with Crippen molar-refractivity contribution in [1.29, 1.82) is 0 Å². The maximum Gasteiger partial charge on any atom is 0.0976 e. The Balaban J connectivity index is 4.57. The van der Waals surface area contributed by atoms with Crippen molar-refractivity contribution in [3.63, 3.8) is 0 Å². The molecular weight excluding hydrogens is 344 g/mol. The van der Waals surface area contributed by atoms with E-state index in [1.807, 2.05) is 35.8 Å². The standard InChI is InChI=1S/C16H38O2S2Si2/c1-7-11-21(12-8-2)15(17-5)19-20-16(18-6)22(13-9-3)14-10-4/h15-16,21-22H,7-14H2,1-6H3. The first-order valence-electron chi connectivity index (χ1n) is 9.05. The van der Waals surface area contributed by atoms with Crippen LogP contribution in [0.2, 0.25) is 24.2 Å². The zero-order valence-corrected chi connectivity index (χ0v) is 19.5. The van der Waals surface area contributed by atoms with Crippen LogP contribution in [0.5, 0.6) is 0 Å². The third-order valence-electron chi connectivity index (χ3n) is 4.12. The van der Waals surface area contributed by atoms with Gasteiger partial charge in [-0.3, -0.25) is 0 Å². The first-order chi connectivity index (χ1) is 10.7. The Morgan fingerprint density at radius 3 is 1.09 bits per heavy atom. The van der Waals surface area contributed by atoms with E-state index in [1.54, 1.807) is 0 Å². The van der Waals surface area contributed by atoms with Crippen LogP contribution < -0.4 is 0 Å². The molecule has 0 aliphatic carbocycles. The van der Waals surface area contributed by atoms with Gasteiger partial charge in [-0.15, -0.1) is 0 Å². The summed E-state index contributed by atoms with van der Waals surface area (Å²) in [6.07, 6.45) is 5.22. The number of hydrogen-bond acceptors (Lipinski definition) is 4. The summed E-state index contributed by atoms with van der Waals surface area (Å²) in [5.74, 6) is 0. The summed E-state index contributed by atoms with van der Waals surface area (Å²) in [6.45, 7) is 9.24. The molecule has 0 aromatic rings. The van der Waals surface area contributed by atoms with Crippen molar-refractivity contribution in [3.05, 3.63) is 0 Å². The molecule has 6 heteroatoms. The van der Waals surface area contributed by atoms with Crippen LogP contribution in [0.1, 0.15) is 53.4 Å². The summed E-state index contributed by atoms with van der Waals surface area (Å²) in [4.78, 5) is 0. The average Bonchev–Trinajstić information content (AvgIpc) is 2.52. The fourth-order valence-corrected chi connectivity index (χ4v) is 16.8. The maximum atomic E-state index is 5.88. The van der Waals surface area contributed by atoms with Crippen molar-refractivity contribution < 1.29 is 9.47 Å². The topological polar surface area (TPSA) is 18.5 Å². The monoisotopic (exact) mass is 382 g/mol. The Hall–Kier alpha value is 1.05. The van der Waals surface area contributed by atoms with Crippen molar-refractivity contribution >= 4 is 39.2 Å². The van der Waals surface area contributed by atoms with Crippen LogP contribution in [0.25, 0.3) is 0 Å². The van der Waals surface area contributed by atoms with Gasteiger partial charge in [-0.2, -0.15) is 0 Å². The van der Waals surface area contributed by atoms with E-state index in [4.69, 9.17) is 9.47 Å². The van der Waals surface area contributed by atoms with Gasteiger partial charge in [0.15, 0.2) is 0 Å². The van der Waals surface area contributed by atoms with Crippen LogP contribution in [-0.4, -0.2) is 41.9 Å². The van der Waals surface area contributed by atoms with Gasteiger partial charge in [-0.25, -0.2) is 0 Å². The summed E-state index contributed by atoms with van der Waals surface area (Å²) in [5.41, 5.74) is 0. The third kappa shape index (κ3) is 9.37. The fraction of sp³-hybridized carbons (Fsp3) is 1.00. The van der Waals surface area contributed by atoms with Crippen molar-refractivity contribution in [2.45, 2.75) is 87.7 Å². The van der Waals surface area contributed by atoms with E-state index in [0.29, 0.717) is 10.1 Å². The minimum Gasteiger partial charge on any atom is -0.374 e. The summed E-state index contributed by atoms with van der Waals surface area (Å²) in [7, 11) is 6.17. The summed E-state index contributed by atoms with van der Waals surface area (Å²) in [6, 6.07) is 5.62. The quantitative estimate of drug-likeness (QED) is 0.212. The highest BCUT2D eigenvalue weighted by Gasteiger charge is 2.27. The molecule has 0 saturated carbocycles. The second-order valence-corrected chi connectivity index (χ2v) is 16.1. The molecule has 0 rings (SSSR count). The lowest BCUT2D eigenvalue weighted by atomic mass is 10.6. The van der Waals surface area contributed by atoms with E-state index in [9.17, 15) is 0 Å². The lowest BCUT2D eigenvalue weighted by Crippen LogP contribution is -2.32. The van der Waals surface area contributed by atoms with Crippen molar-refractivity contribution in [3.8, 4) is 0 Å². The Morgan fingerprint density at radius 1 is 0.636 bits per heavy atom. The van der Waals surface area contributed by atoms with Crippen molar-refractivity contribution in [2.24, 2.45) is 0 Å². The largest absolute Gasteiger partial charge is 0.374 e. The van der Waals surface area contributed by atoms with Gasteiger partial charge < -0.3 is 9.47 Å². The normalized spacial score (nSPS) is 14.7. The molecule has 0 bridgehead atoms. The van der Waals surface area contributed by atoms with Crippen LogP contribution >= 0.6 is 21.6 Å². The molecule has 0 aromatic heterocycles. The zero-order valence-electron chi connectivity index (χ0n) is 15.6. The molecule has 2 unspecified atom stereocenters. The van der Waals surface area contributed by atoms with Crippen LogP contribution in [0, 0.1) is 0 Å². The molecule has 2 atom stereocenters. The van der Waals surface area contributed by atoms with E-state index in [2.05, 4.69) is 27.7 Å². The molecule has 0 heterocycles. The minimum atomic E-state index is -0.803. The lowest BCUT2D eigenvalue weighted by molar-refractivity contribution is 0.221. The molecule has 0 aliphatic heterocycles. The van der Waals surface area contributed by atoms with E-state index in [1.165, 1.54) is 49.9 Å². The Bertz CT molecular complexity index is 212. The van der Waals surface area contributed by atoms with Gasteiger partial charge in [0.05, 0.1) is 27.7 Å². The van der Waals surface area contributed by atoms with Gasteiger partial charge in [0.25, 0.3) is 0 Å². The highest BCUT2D eigenvalue weighted by atomic mass is 33.1. The highest BCUT2D eigenvalue weighted by Crippen LogP contribution is 2.37. The molecule has 22 heavy (non-hydrogen) atoms. The smallest absolute Gasteiger partial charge is 0.0976 e. The van der Waals surface area contributed by atoms with E-state index in [-0.39, 0.29) is 0 Å². The van der Waals surface area contributed by atoms with E-state index in [0.717, 1.165) is 0 Å². The first-order valence-corrected chi connectivity index (χ1v) is 15.9. The maximum absolute atomic E-state index is 5.88. The number of methoxy groups -OCH3 is 2. The van der Waals surface area contributed by atoms with Crippen molar-refractivity contribution in [1.82, 2.24) is 0 Å². The molecule has 0 N–H and O–H groups in total. The highest BCUT2D eigenvalue weighted by molar-refractivity contribution is 8.77. The second-order valence-electron chi connectivity index (χ2n) is 6.08. The number of ether oxygens (including phenoxy) is 2. The van der Waals surface area contributed by atoms with Gasteiger partial charge in [0.2, 0.25) is 0 Å². The van der Waals surface area contributed by atoms with E-state index < -0.39 is 17.6 Å². The Morgan fingerprint density at radius 2 is 0.909 bits per heavy atom. The molecule has 0 amide bonds. The summed E-state index contributed by atoms with van der Waals surface area (Å²) >= 11 is 0. The fourth-order valence-electron chi connectivity index (χ4n) is 3.05. The van der Waals surface area contributed by atoms with Gasteiger partial charge in [-0.1, -0.05) is 99.1 Å². The van der Waals surface area contributed by atoms with Crippen LogP contribution in [-0.2, 0) is 9.47 Å². The summed E-state index contributed by atoms with van der Waals surface area (Å²) < 4.78 is 11.8. The SMILES string of the molecule is CCC[SiH](CCC)C(OC)SSC(OC)[SiH](CCC)CCC. The van der Waals surface area contributed by atoms with Gasteiger partial charge in [-0.05, 0) is 0 Å². The third-order valence-corrected chi connectivity index (χ3v) is 18.1. The van der Waals surface area contributed by atoms with Gasteiger partial charge >= 0.3 is 0 Å². The Kier molecular flexibility index (Phi) is 16.3. The van der Waals surface area contributed by atoms with Crippen molar-refractivity contribution in [2.75, 3.05) is 14.2 Å². The zero-order chi connectivity index (χ0) is 16.8. The molecule has 0 fully saturated rings. The molecule has 0 radical (unpaired) electrons. The van der Waals surface area contributed by atoms with Gasteiger partial charge in [0.1, 0.15) is 0 Å². The molecule has 0 spiro atoms. The molecule has 134 valence electrons. The summed E-state index contributed by atoms with van der Waals surface area (Å²) in [5, 5.41) is 0.890. The van der Waals surface area contributed by atoms with Crippen LogP contribution in [0.4, 0.5) is 0 Å². The predicted molar refractivity (Wildman–Crippen MR) is 111 cm³/mol. The molecule has 0 aliphatic rings. The van der Waals surface area contributed by atoms with Crippen LogP contribution in [0.3, 0.4) is 0 Å².